The maximum atomic E-state index is 12.4. The lowest BCUT2D eigenvalue weighted by atomic mass is 10.2. The SMILES string of the molecule is O=S(=O)(Oc1ccc2nc(NCc3nc(-c4ccccc4)no3)[nH]c2c1)c1ccccc1. The van der Waals surface area contributed by atoms with E-state index in [0.29, 0.717) is 28.7 Å². The average Bonchev–Trinajstić information content (AvgIpc) is 3.45. The molecule has 0 aliphatic heterocycles. The third kappa shape index (κ3) is 4.16. The highest BCUT2D eigenvalue weighted by atomic mass is 32.2. The number of hydrogen-bond acceptors (Lipinski definition) is 8. The van der Waals surface area contributed by atoms with Crippen molar-refractivity contribution < 1.29 is 17.1 Å². The van der Waals surface area contributed by atoms with Crippen molar-refractivity contribution in [1.82, 2.24) is 20.1 Å². The number of aromatic amines is 1. The summed E-state index contributed by atoms with van der Waals surface area (Å²) < 4.78 is 35.4. The van der Waals surface area contributed by atoms with Crippen LogP contribution in [0.15, 0.2) is 88.3 Å². The minimum atomic E-state index is -3.92. The molecule has 0 aliphatic rings. The molecule has 0 amide bonds. The fourth-order valence-electron chi connectivity index (χ4n) is 3.08. The Bertz CT molecular complexity index is 1460. The Morgan fingerprint density at radius 1 is 0.938 bits per heavy atom. The zero-order valence-electron chi connectivity index (χ0n) is 16.6. The van der Waals surface area contributed by atoms with Gasteiger partial charge in [-0.25, -0.2) is 4.98 Å². The fraction of sp³-hybridized carbons (Fsp3) is 0.0455. The lowest BCUT2D eigenvalue weighted by Gasteiger charge is -2.06. The first-order chi connectivity index (χ1) is 15.6. The highest BCUT2D eigenvalue weighted by molar-refractivity contribution is 7.87. The summed E-state index contributed by atoms with van der Waals surface area (Å²) in [6.45, 7) is 0.269. The van der Waals surface area contributed by atoms with Crippen molar-refractivity contribution in [1.29, 1.82) is 0 Å². The second-order valence-corrected chi connectivity index (χ2v) is 8.39. The van der Waals surface area contributed by atoms with E-state index in [1.54, 1.807) is 36.4 Å². The maximum absolute atomic E-state index is 12.4. The maximum Gasteiger partial charge on any atom is 0.339 e. The Morgan fingerprint density at radius 3 is 2.47 bits per heavy atom. The van der Waals surface area contributed by atoms with E-state index in [1.807, 2.05) is 30.3 Å². The van der Waals surface area contributed by atoms with Crippen molar-refractivity contribution in [3.05, 3.63) is 84.8 Å². The first-order valence-corrected chi connectivity index (χ1v) is 11.1. The molecule has 0 atom stereocenters. The minimum Gasteiger partial charge on any atom is -0.379 e. The minimum absolute atomic E-state index is 0.0847. The second kappa shape index (κ2) is 8.16. The van der Waals surface area contributed by atoms with Gasteiger partial charge in [0, 0.05) is 11.6 Å². The third-order valence-corrected chi connectivity index (χ3v) is 5.86. The van der Waals surface area contributed by atoms with E-state index in [0.717, 1.165) is 5.56 Å². The number of hydrogen-bond donors (Lipinski definition) is 2. The Kier molecular flexibility index (Phi) is 5.04. The van der Waals surface area contributed by atoms with Crippen LogP contribution in [0, 0.1) is 0 Å². The van der Waals surface area contributed by atoms with Crippen LogP contribution in [-0.4, -0.2) is 28.5 Å². The monoisotopic (exact) mass is 447 g/mol. The summed E-state index contributed by atoms with van der Waals surface area (Å²) in [5.74, 6) is 1.57. The van der Waals surface area contributed by atoms with Crippen molar-refractivity contribution >= 4 is 27.1 Å². The van der Waals surface area contributed by atoms with E-state index < -0.39 is 10.1 Å². The normalized spacial score (nSPS) is 11.5. The molecule has 0 unspecified atom stereocenters. The van der Waals surface area contributed by atoms with Crippen molar-refractivity contribution in [2.45, 2.75) is 11.4 Å². The van der Waals surface area contributed by atoms with Gasteiger partial charge in [0.25, 0.3) is 0 Å². The van der Waals surface area contributed by atoms with Crippen molar-refractivity contribution in [2.24, 2.45) is 0 Å². The van der Waals surface area contributed by atoms with Gasteiger partial charge >= 0.3 is 10.1 Å². The summed E-state index contributed by atoms with van der Waals surface area (Å²) in [6, 6.07) is 22.3. The lowest BCUT2D eigenvalue weighted by molar-refractivity contribution is 0.384. The Morgan fingerprint density at radius 2 is 1.69 bits per heavy atom. The van der Waals surface area contributed by atoms with E-state index in [1.165, 1.54) is 12.1 Å². The third-order valence-electron chi connectivity index (χ3n) is 4.60. The molecule has 2 aromatic heterocycles. The molecule has 0 saturated carbocycles. The van der Waals surface area contributed by atoms with E-state index in [9.17, 15) is 8.42 Å². The van der Waals surface area contributed by atoms with Gasteiger partial charge in [-0.2, -0.15) is 13.4 Å². The van der Waals surface area contributed by atoms with Gasteiger partial charge < -0.3 is 19.0 Å². The van der Waals surface area contributed by atoms with Crippen LogP contribution in [-0.2, 0) is 16.7 Å². The number of imidazole rings is 1. The molecule has 2 N–H and O–H groups in total. The summed E-state index contributed by atoms with van der Waals surface area (Å²) in [5.41, 5.74) is 2.13. The second-order valence-electron chi connectivity index (χ2n) is 6.85. The van der Waals surface area contributed by atoms with E-state index >= 15 is 0 Å². The molecule has 10 heteroatoms. The molecule has 5 rings (SSSR count). The number of aromatic nitrogens is 4. The molecule has 0 radical (unpaired) electrons. The first-order valence-electron chi connectivity index (χ1n) is 9.68. The van der Waals surface area contributed by atoms with Crippen molar-refractivity contribution in [3.8, 4) is 17.1 Å². The van der Waals surface area contributed by atoms with Crippen LogP contribution < -0.4 is 9.50 Å². The van der Waals surface area contributed by atoms with Crippen LogP contribution in [0.4, 0.5) is 5.95 Å². The molecule has 0 aliphatic carbocycles. The van der Waals surface area contributed by atoms with E-state index in [4.69, 9.17) is 8.71 Å². The molecule has 32 heavy (non-hydrogen) atoms. The summed E-state index contributed by atoms with van der Waals surface area (Å²) in [6.07, 6.45) is 0. The van der Waals surface area contributed by atoms with Crippen LogP contribution in [0.3, 0.4) is 0 Å². The van der Waals surface area contributed by atoms with Gasteiger partial charge in [0.1, 0.15) is 10.6 Å². The van der Waals surface area contributed by atoms with Gasteiger partial charge in [-0.15, -0.1) is 0 Å². The molecule has 0 fully saturated rings. The predicted molar refractivity (Wildman–Crippen MR) is 117 cm³/mol. The summed E-state index contributed by atoms with van der Waals surface area (Å²) >= 11 is 0. The summed E-state index contributed by atoms with van der Waals surface area (Å²) in [5, 5.41) is 7.07. The molecule has 2 heterocycles. The highest BCUT2D eigenvalue weighted by Crippen LogP contribution is 2.24. The molecule has 3 aromatic carbocycles. The largest absolute Gasteiger partial charge is 0.379 e. The summed E-state index contributed by atoms with van der Waals surface area (Å²) in [7, 11) is -3.92. The number of nitrogens with one attached hydrogen (secondary N) is 2. The number of anilines is 1. The molecule has 9 nitrogen and oxygen atoms in total. The van der Waals surface area contributed by atoms with Gasteiger partial charge in [-0.05, 0) is 24.3 Å². The van der Waals surface area contributed by atoms with Gasteiger partial charge in [0.15, 0.2) is 0 Å². The number of nitrogens with zero attached hydrogens (tertiary/aromatic N) is 3. The molecule has 0 saturated heterocycles. The number of rotatable bonds is 7. The van der Waals surface area contributed by atoms with Crippen LogP contribution >= 0.6 is 0 Å². The molecular formula is C22H17N5O4S. The van der Waals surface area contributed by atoms with Crippen LogP contribution in [0.2, 0.25) is 0 Å². The first kappa shape index (κ1) is 19.8. The van der Waals surface area contributed by atoms with Crippen LogP contribution in [0.1, 0.15) is 5.89 Å². The van der Waals surface area contributed by atoms with Crippen molar-refractivity contribution in [3.63, 3.8) is 0 Å². The Hall–Kier alpha value is -4.18. The van der Waals surface area contributed by atoms with Crippen LogP contribution in [0.5, 0.6) is 5.75 Å². The fourth-order valence-corrected chi connectivity index (χ4v) is 4.02. The average molecular weight is 447 g/mol. The lowest BCUT2D eigenvalue weighted by Crippen LogP contribution is -2.09. The van der Waals surface area contributed by atoms with E-state index in [2.05, 4.69) is 25.4 Å². The standard InChI is InChI=1S/C22H17N5O4S/c28-32(29,17-9-5-2-6-10-17)31-16-11-12-18-19(13-16)25-22(24-18)23-14-20-26-21(27-30-20)15-7-3-1-4-8-15/h1-13H,14H2,(H2,23,24,25). The number of fused-ring (bicyclic) bond motifs is 1. The van der Waals surface area contributed by atoms with Crippen molar-refractivity contribution in [2.75, 3.05) is 5.32 Å². The Balaban J connectivity index is 1.29. The zero-order chi connectivity index (χ0) is 22.0. The molecular weight excluding hydrogens is 430 g/mol. The topological polar surface area (TPSA) is 123 Å². The number of H-pyrrole nitrogens is 1. The van der Waals surface area contributed by atoms with Gasteiger partial charge in [-0.3, -0.25) is 0 Å². The number of benzene rings is 3. The quantitative estimate of drug-likeness (QED) is 0.359. The smallest absolute Gasteiger partial charge is 0.339 e. The Labute approximate surface area is 183 Å². The summed E-state index contributed by atoms with van der Waals surface area (Å²) in [4.78, 5) is 12.0. The molecule has 5 aromatic rings. The predicted octanol–water partition coefficient (Wildman–Crippen LogP) is 3.99. The van der Waals surface area contributed by atoms with Crippen LogP contribution in [0.25, 0.3) is 22.4 Å². The van der Waals surface area contributed by atoms with Gasteiger partial charge in [0.2, 0.25) is 17.7 Å². The highest BCUT2D eigenvalue weighted by Gasteiger charge is 2.17. The van der Waals surface area contributed by atoms with Gasteiger partial charge in [0.05, 0.1) is 17.6 Å². The van der Waals surface area contributed by atoms with Gasteiger partial charge in [-0.1, -0.05) is 53.7 Å². The molecule has 160 valence electrons. The zero-order valence-corrected chi connectivity index (χ0v) is 17.4. The molecule has 0 spiro atoms. The van der Waals surface area contributed by atoms with E-state index in [-0.39, 0.29) is 17.2 Å². The molecule has 0 bridgehead atoms.